The average molecular weight is 323 g/mol. The summed E-state index contributed by atoms with van der Waals surface area (Å²) in [6.07, 6.45) is 0. The average Bonchev–Trinajstić information content (AvgIpc) is 2.61. The summed E-state index contributed by atoms with van der Waals surface area (Å²) in [7, 11) is 0. The van der Waals surface area contributed by atoms with Crippen molar-refractivity contribution in [1.29, 1.82) is 0 Å². The quantitative estimate of drug-likeness (QED) is 0.491. The van der Waals surface area contributed by atoms with Crippen LogP contribution < -0.4 is 4.74 Å². The molecule has 4 nitrogen and oxygen atoms in total. The maximum Gasteiger partial charge on any atom is 0.269 e. The first-order valence-corrected chi connectivity index (χ1v) is 7.35. The number of nitro benzene ring substituents is 1. The van der Waals surface area contributed by atoms with Crippen LogP contribution in [0.25, 0.3) is 11.1 Å². The highest BCUT2D eigenvalue weighted by Crippen LogP contribution is 2.33. The van der Waals surface area contributed by atoms with Crippen molar-refractivity contribution in [3.63, 3.8) is 0 Å². The van der Waals surface area contributed by atoms with Crippen molar-refractivity contribution in [2.75, 3.05) is 0 Å². The van der Waals surface area contributed by atoms with Crippen LogP contribution in [0.15, 0.2) is 72.8 Å². The maximum absolute atomic E-state index is 14.2. The predicted octanol–water partition coefficient (Wildman–Crippen LogP) is 4.98. The van der Waals surface area contributed by atoms with Gasteiger partial charge in [-0.15, -0.1) is 0 Å². The number of nitro groups is 1. The highest BCUT2D eigenvalue weighted by molar-refractivity contribution is 5.71. The van der Waals surface area contributed by atoms with E-state index in [4.69, 9.17) is 4.74 Å². The number of ether oxygens (including phenoxy) is 1. The topological polar surface area (TPSA) is 52.4 Å². The molecule has 0 saturated carbocycles. The molecule has 0 atom stereocenters. The summed E-state index contributed by atoms with van der Waals surface area (Å²) >= 11 is 0. The zero-order valence-corrected chi connectivity index (χ0v) is 12.7. The van der Waals surface area contributed by atoms with E-state index in [1.54, 1.807) is 24.3 Å². The first-order valence-electron chi connectivity index (χ1n) is 7.35. The largest absolute Gasteiger partial charge is 0.485 e. The number of hydrogen-bond donors (Lipinski definition) is 0. The highest BCUT2D eigenvalue weighted by atomic mass is 19.1. The Morgan fingerprint density at radius 3 is 2.29 bits per heavy atom. The summed E-state index contributed by atoms with van der Waals surface area (Å²) in [4.78, 5) is 10.3. The molecule has 3 aromatic carbocycles. The van der Waals surface area contributed by atoms with Crippen molar-refractivity contribution >= 4 is 5.69 Å². The number of para-hydroxylation sites is 1. The number of nitrogens with zero attached hydrogens (tertiary/aromatic N) is 1. The molecule has 0 N–H and O–H groups in total. The zero-order valence-electron chi connectivity index (χ0n) is 12.7. The molecule has 0 unspecified atom stereocenters. The third-order valence-electron chi connectivity index (χ3n) is 3.58. The first kappa shape index (κ1) is 15.7. The number of non-ortho nitro benzene ring substituents is 1. The summed E-state index contributed by atoms with van der Waals surface area (Å²) in [5, 5.41) is 10.8. The van der Waals surface area contributed by atoms with E-state index in [1.807, 2.05) is 30.3 Å². The van der Waals surface area contributed by atoms with Gasteiger partial charge in [-0.1, -0.05) is 42.5 Å². The molecule has 0 aliphatic heterocycles. The van der Waals surface area contributed by atoms with Crippen LogP contribution in [0.4, 0.5) is 10.1 Å². The third-order valence-corrected chi connectivity index (χ3v) is 3.58. The van der Waals surface area contributed by atoms with Gasteiger partial charge >= 0.3 is 0 Å². The Morgan fingerprint density at radius 1 is 0.917 bits per heavy atom. The van der Waals surface area contributed by atoms with Gasteiger partial charge in [-0.3, -0.25) is 10.1 Å². The van der Waals surface area contributed by atoms with Gasteiger partial charge in [0.05, 0.1) is 4.92 Å². The van der Waals surface area contributed by atoms with E-state index in [0.717, 1.165) is 5.56 Å². The van der Waals surface area contributed by atoms with E-state index in [9.17, 15) is 14.5 Å². The molecule has 3 rings (SSSR count). The molecule has 0 fully saturated rings. The second-order valence-electron chi connectivity index (χ2n) is 5.19. The summed E-state index contributed by atoms with van der Waals surface area (Å²) in [5.74, 6) is -0.336. The number of halogens is 1. The monoisotopic (exact) mass is 323 g/mol. The van der Waals surface area contributed by atoms with Gasteiger partial charge in [-0.25, -0.2) is 4.39 Å². The smallest absolute Gasteiger partial charge is 0.269 e. The fourth-order valence-electron chi connectivity index (χ4n) is 2.38. The van der Waals surface area contributed by atoms with Crippen molar-refractivity contribution in [2.24, 2.45) is 0 Å². The summed E-state index contributed by atoms with van der Waals surface area (Å²) < 4.78 is 19.9. The maximum atomic E-state index is 14.2. The van der Waals surface area contributed by atoms with Crippen LogP contribution >= 0.6 is 0 Å². The van der Waals surface area contributed by atoms with E-state index < -0.39 is 10.7 Å². The Bertz CT molecular complexity index is 848. The van der Waals surface area contributed by atoms with Crippen LogP contribution in [0.2, 0.25) is 0 Å². The standard InChI is InChI=1S/C19H14FNO3/c20-18-8-4-7-17(15-9-11-16(12-10-15)21(22)23)19(18)24-13-14-5-2-1-3-6-14/h1-12H,13H2. The van der Waals surface area contributed by atoms with Crippen LogP contribution in [-0.4, -0.2) is 4.92 Å². The molecule has 0 bridgehead atoms. The molecule has 0 aromatic heterocycles. The second kappa shape index (κ2) is 6.91. The van der Waals surface area contributed by atoms with Crippen LogP contribution in [0.3, 0.4) is 0 Å². The van der Waals surface area contributed by atoms with E-state index in [0.29, 0.717) is 11.1 Å². The molecule has 0 heterocycles. The lowest BCUT2D eigenvalue weighted by Crippen LogP contribution is -1.99. The fraction of sp³-hybridized carbons (Fsp3) is 0.0526. The van der Waals surface area contributed by atoms with Gasteiger partial charge in [0.15, 0.2) is 11.6 Å². The van der Waals surface area contributed by atoms with Crippen LogP contribution in [-0.2, 0) is 6.61 Å². The molecule has 0 aliphatic carbocycles. The number of hydrogen-bond acceptors (Lipinski definition) is 3. The molecule has 0 amide bonds. The summed E-state index contributed by atoms with van der Waals surface area (Å²) in [5.41, 5.74) is 2.13. The highest BCUT2D eigenvalue weighted by Gasteiger charge is 2.13. The molecule has 0 aliphatic rings. The van der Waals surface area contributed by atoms with E-state index in [2.05, 4.69) is 0 Å². The van der Waals surface area contributed by atoms with Crippen LogP contribution in [0.1, 0.15) is 5.56 Å². The van der Waals surface area contributed by atoms with Crippen molar-refractivity contribution in [3.05, 3.63) is 94.3 Å². The predicted molar refractivity (Wildman–Crippen MR) is 89.3 cm³/mol. The van der Waals surface area contributed by atoms with Gasteiger partial charge in [-0.05, 0) is 29.3 Å². The van der Waals surface area contributed by atoms with Gasteiger partial charge in [0, 0.05) is 17.7 Å². The summed E-state index contributed by atoms with van der Waals surface area (Å²) in [6.45, 7) is 0.238. The lowest BCUT2D eigenvalue weighted by molar-refractivity contribution is -0.384. The van der Waals surface area contributed by atoms with Crippen LogP contribution in [0, 0.1) is 15.9 Å². The zero-order chi connectivity index (χ0) is 16.9. The van der Waals surface area contributed by atoms with E-state index in [1.165, 1.54) is 18.2 Å². The molecular formula is C19H14FNO3. The van der Waals surface area contributed by atoms with E-state index >= 15 is 0 Å². The van der Waals surface area contributed by atoms with Crippen molar-refractivity contribution in [1.82, 2.24) is 0 Å². The minimum absolute atomic E-state index is 0.0121. The van der Waals surface area contributed by atoms with Gasteiger partial charge in [0.1, 0.15) is 6.61 Å². The molecule has 5 heteroatoms. The molecule has 0 spiro atoms. The SMILES string of the molecule is O=[N+]([O-])c1ccc(-c2cccc(F)c2OCc2ccccc2)cc1. The Labute approximate surface area is 138 Å². The van der Waals surface area contributed by atoms with Gasteiger partial charge < -0.3 is 4.74 Å². The molecule has 0 saturated heterocycles. The molecule has 3 aromatic rings. The van der Waals surface area contributed by atoms with E-state index in [-0.39, 0.29) is 18.0 Å². The van der Waals surface area contributed by atoms with Gasteiger partial charge in [0.25, 0.3) is 5.69 Å². The lowest BCUT2D eigenvalue weighted by Gasteiger charge is -2.12. The molecule has 120 valence electrons. The fourth-order valence-corrected chi connectivity index (χ4v) is 2.38. The van der Waals surface area contributed by atoms with Gasteiger partial charge in [-0.2, -0.15) is 0 Å². The number of rotatable bonds is 5. The second-order valence-corrected chi connectivity index (χ2v) is 5.19. The molecule has 24 heavy (non-hydrogen) atoms. The first-order chi connectivity index (χ1) is 11.6. The minimum atomic E-state index is -0.471. The Kier molecular flexibility index (Phi) is 4.52. The molecular weight excluding hydrogens is 309 g/mol. The third kappa shape index (κ3) is 3.41. The summed E-state index contributed by atoms with van der Waals surface area (Å²) in [6, 6.07) is 20.1. The Morgan fingerprint density at radius 2 is 1.62 bits per heavy atom. The van der Waals surface area contributed by atoms with Crippen molar-refractivity contribution in [2.45, 2.75) is 6.61 Å². The molecule has 0 radical (unpaired) electrons. The lowest BCUT2D eigenvalue weighted by atomic mass is 10.0. The normalized spacial score (nSPS) is 10.4. The van der Waals surface area contributed by atoms with Crippen molar-refractivity contribution in [3.8, 4) is 16.9 Å². The van der Waals surface area contributed by atoms with Gasteiger partial charge in [0.2, 0.25) is 0 Å². The Balaban J connectivity index is 1.91. The Hall–Kier alpha value is -3.21. The van der Waals surface area contributed by atoms with Crippen LogP contribution in [0.5, 0.6) is 5.75 Å². The van der Waals surface area contributed by atoms with Crippen molar-refractivity contribution < 1.29 is 14.1 Å². The minimum Gasteiger partial charge on any atom is -0.485 e. The number of benzene rings is 3.